The Balaban J connectivity index is 4.42. The highest BCUT2D eigenvalue weighted by molar-refractivity contribution is 7.10. The summed E-state index contributed by atoms with van der Waals surface area (Å²) in [4.78, 5) is 0. The zero-order valence-corrected chi connectivity index (χ0v) is 14.1. The molecule has 0 aromatic heterocycles. The molecule has 0 unspecified atom stereocenters. The van der Waals surface area contributed by atoms with Crippen LogP contribution in [0.4, 0.5) is 0 Å². The molecule has 0 heterocycles. The molecule has 0 N–H and O–H groups in total. The van der Waals surface area contributed by atoms with Crippen LogP contribution in [0.2, 0.25) is 0 Å². The number of hydrogen-bond acceptors (Lipinski definition) is 8. The summed E-state index contributed by atoms with van der Waals surface area (Å²) in [7, 11) is 5.05. The van der Waals surface area contributed by atoms with Gasteiger partial charge in [-0.15, -0.1) is 0 Å². The minimum absolute atomic E-state index is 0.367. The Bertz CT molecular complexity index is 183. The first-order chi connectivity index (χ1) is 10.8. The smallest absolute Gasteiger partial charge is 0.411 e. The SMILES string of the molecule is COCCOB(OCCOC)B(OCCOC)OCCOC. The van der Waals surface area contributed by atoms with Crippen molar-refractivity contribution in [1.29, 1.82) is 0 Å². The Morgan fingerprint density at radius 3 is 0.818 bits per heavy atom. The number of methoxy groups -OCH3 is 4. The molecular formula is C12H28B2O8. The fourth-order valence-corrected chi connectivity index (χ4v) is 1.40. The van der Waals surface area contributed by atoms with Crippen molar-refractivity contribution in [3.8, 4) is 0 Å². The second-order valence-corrected chi connectivity index (χ2v) is 4.19. The van der Waals surface area contributed by atoms with Crippen molar-refractivity contribution in [3.63, 3.8) is 0 Å². The summed E-state index contributed by atoms with van der Waals surface area (Å²) < 4.78 is 42.3. The van der Waals surface area contributed by atoms with Gasteiger partial charge in [-0.05, 0) is 0 Å². The van der Waals surface area contributed by atoms with E-state index < -0.39 is 14.0 Å². The Morgan fingerprint density at radius 1 is 0.409 bits per heavy atom. The Hall–Kier alpha value is -0.190. The van der Waals surface area contributed by atoms with Gasteiger partial charge in [-0.2, -0.15) is 0 Å². The molecule has 0 rings (SSSR count). The van der Waals surface area contributed by atoms with Crippen LogP contribution in [-0.2, 0) is 37.6 Å². The molecule has 0 amide bonds. The lowest BCUT2D eigenvalue weighted by Crippen LogP contribution is -2.48. The van der Waals surface area contributed by atoms with E-state index in [2.05, 4.69) is 0 Å². The highest BCUT2D eigenvalue weighted by Gasteiger charge is 2.39. The lowest BCUT2D eigenvalue weighted by Gasteiger charge is -2.21. The minimum atomic E-state index is -0.681. The van der Waals surface area contributed by atoms with Crippen molar-refractivity contribution >= 4 is 14.0 Å². The monoisotopic (exact) mass is 322 g/mol. The van der Waals surface area contributed by atoms with Crippen LogP contribution < -0.4 is 0 Å². The zero-order chi connectivity index (χ0) is 16.5. The standard InChI is InChI=1S/C12H28B2O8/c1-15-5-9-19-13(20-10-6-16-2)14(21-11-7-17-3)22-12-8-18-4/h5-12H2,1-4H3. The van der Waals surface area contributed by atoms with Crippen LogP contribution in [-0.4, -0.2) is 95.3 Å². The van der Waals surface area contributed by atoms with Crippen LogP contribution in [0.15, 0.2) is 0 Å². The van der Waals surface area contributed by atoms with Crippen LogP contribution in [0.25, 0.3) is 0 Å². The Kier molecular flexibility index (Phi) is 17.0. The maximum absolute atomic E-state index is 5.62. The molecule has 0 aliphatic heterocycles. The number of ether oxygens (including phenoxy) is 4. The molecular weight excluding hydrogens is 294 g/mol. The average Bonchev–Trinajstić information content (AvgIpc) is 2.53. The third-order valence-electron chi connectivity index (χ3n) is 2.50. The highest BCUT2D eigenvalue weighted by atomic mass is 16.7. The Morgan fingerprint density at radius 2 is 0.636 bits per heavy atom. The van der Waals surface area contributed by atoms with Gasteiger partial charge in [-0.25, -0.2) is 0 Å². The predicted octanol–water partition coefficient (Wildman–Crippen LogP) is -0.307. The second-order valence-electron chi connectivity index (χ2n) is 4.19. The van der Waals surface area contributed by atoms with Gasteiger partial charge in [0.1, 0.15) is 0 Å². The maximum atomic E-state index is 5.62. The van der Waals surface area contributed by atoms with E-state index in [0.717, 1.165) is 0 Å². The first-order valence-electron chi connectivity index (χ1n) is 7.22. The van der Waals surface area contributed by atoms with Crippen LogP contribution in [0, 0.1) is 0 Å². The fourth-order valence-electron chi connectivity index (χ4n) is 1.40. The van der Waals surface area contributed by atoms with Gasteiger partial charge in [0.2, 0.25) is 0 Å². The lowest BCUT2D eigenvalue weighted by molar-refractivity contribution is 0.0834. The molecule has 8 nitrogen and oxygen atoms in total. The normalized spacial score (nSPS) is 10.9. The van der Waals surface area contributed by atoms with Crippen LogP contribution >= 0.6 is 0 Å². The van der Waals surface area contributed by atoms with E-state index in [1.54, 1.807) is 28.4 Å². The summed E-state index contributed by atoms with van der Waals surface area (Å²) in [6, 6.07) is 0. The number of rotatable bonds is 17. The summed E-state index contributed by atoms with van der Waals surface area (Å²) in [5.74, 6) is 0. The fraction of sp³-hybridized carbons (Fsp3) is 1.00. The van der Waals surface area contributed by atoms with Crippen LogP contribution in [0.5, 0.6) is 0 Å². The summed E-state index contributed by atoms with van der Waals surface area (Å²) in [5, 5.41) is 0. The molecule has 0 aliphatic rings. The zero-order valence-electron chi connectivity index (χ0n) is 14.1. The summed E-state index contributed by atoms with van der Waals surface area (Å²) in [6.07, 6.45) is 0. The molecule has 0 aliphatic carbocycles. The van der Waals surface area contributed by atoms with Crippen molar-refractivity contribution in [3.05, 3.63) is 0 Å². The first-order valence-corrected chi connectivity index (χ1v) is 7.22. The van der Waals surface area contributed by atoms with Crippen molar-refractivity contribution in [1.82, 2.24) is 0 Å². The van der Waals surface area contributed by atoms with Crippen molar-refractivity contribution < 1.29 is 37.6 Å². The van der Waals surface area contributed by atoms with Gasteiger partial charge in [0.15, 0.2) is 0 Å². The van der Waals surface area contributed by atoms with Gasteiger partial charge in [-0.3, -0.25) is 0 Å². The second kappa shape index (κ2) is 17.2. The van der Waals surface area contributed by atoms with Gasteiger partial charge in [0, 0.05) is 28.4 Å². The maximum Gasteiger partial charge on any atom is 0.488 e. The molecule has 0 saturated carbocycles. The first kappa shape index (κ1) is 21.8. The minimum Gasteiger partial charge on any atom is -0.411 e. The third-order valence-corrected chi connectivity index (χ3v) is 2.50. The van der Waals surface area contributed by atoms with E-state index in [1.807, 2.05) is 0 Å². The molecule has 0 spiro atoms. The van der Waals surface area contributed by atoms with Crippen molar-refractivity contribution in [2.24, 2.45) is 0 Å². The molecule has 0 bridgehead atoms. The van der Waals surface area contributed by atoms with E-state index in [1.165, 1.54) is 0 Å². The van der Waals surface area contributed by atoms with Gasteiger partial charge >= 0.3 is 14.0 Å². The van der Waals surface area contributed by atoms with E-state index in [0.29, 0.717) is 52.9 Å². The molecule has 0 radical (unpaired) electrons. The van der Waals surface area contributed by atoms with Crippen molar-refractivity contribution in [2.75, 3.05) is 81.3 Å². The highest BCUT2D eigenvalue weighted by Crippen LogP contribution is 2.02. The van der Waals surface area contributed by atoms with Crippen LogP contribution in [0.1, 0.15) is 0 Å². The third kappa shape index (κ3) is 12.4. The molecule has 22 heavy (non-hydrogen) atoms. The van der Waals surface area contributed by atoms with Gasteiger partial charge in [0.05, 0.1) is 52.9 Å². The molecule has 0 aromatic rings. The van der Waals surface area contributed by atoms with Gasteiger partial charge < -0.3 is 37.6 Å². The molecule has 0 aromatic carbocycles. The quantitative estimate of drug-likeness (QED) is 0.267. The molecule has 0 fully saturated rings. The van der Waals surface area contributed by atoms with E-state index >= 15 is 0 Å². The van der Waals surface area contributed by atoms with Crippen molar-refractivity contribution in [2.45, 2.75) is 0 Å². The summed E-state index contributed by atoms with van der Waals surface area (Å²) in [5.41, 5.74) is 0. The molecule has 0 saturated heterocycles. The van der Waals surface area contributed by atoms with E-state index in [9.17, 15) is 0 Å². The number of hydrogen-bond donors (Lipinski definition) is 0. The largest absolute Gasteiger partial charge is 0.488 e. The van der Waals surface area contributed by atoms with E-state index in [-0.39, 0.29) is 0 Å². The lowest BCUT2D eigenvalue weighted by atomic mass is 9.48. The predicted molar refractivity (Wildman–Crippen MR) is 82.8 cm³/mol. The summed E-state index contributed by atoms with van der Waals surface area (Å²) in [6.45, 7) is 3.27. The topological polar surface area (TPSA) is 73.8 Å². The van der Waals surface area contributed by atoms with Gasteiger partial charge in [-0.1, -0.05) is 0 Å². The van der Waals surface area contributed by atoms with Crippen LogP contribution in [0.3, 0.4) is 0 Å². The molecule has 130 valence electrons. The average molecular weight is 322 g/mol. The van der Waals surface area contributed by atoms with E-state index in [4.69, 9.17) is 37.6 Å². The van der Waals surface area contributed by atoms with Gasteiger partial charge in [0.25, 0.3) is 0 Å². The molecule has 0 atom stereocenters. The molecule has 10 heteroatoms. The summed E-state index contributed by atoms with van der Waals surface area (Å²) >= 11 is 0. The Labute approximate surface area is 133 Å².